The van der Waals surface area contributed by atoms with Gasteiger partial charge in [-0.05, 0) is 56.0 Å². The molecule has 1 aromatic carbocycles. The minimum atomic E-state index is -0.113. The Labute approximate surface area is 137 Å². The van der Waals surface area contributed by atoms with Crippen LogP contribution in [0.4, 0.5) is 0 Å². The lowest BCUT2D eigenvalue weighted by Gasteiger charge is -2.10. The summed E-state index contributed by atoms with van der Waals surface area (Å²) in [7, 11) is 0. The SMILES string of the molecule is O=C(c1ccc(Cl)cc1)c1ccc(=O)n2c3c([nH]c12)CCCC3. The number of halogens is 1. The van der Waals surface area contributed by atoms with Gasteiger partial charge >= 0.3 is 0 Å². The molecule has 1 N–H and O–H groups in total. The number of aromatic nitrogens is 2. The zero-order chi connectivity index (χ0) is 16.0. The van der Waals surface area contributed by atoms with Crippen LogP contribution >= 0.6 is 11.6 Å². The fraction of sp³-hybridized carbons (Fsp3) is 0.222. The molecular weight excluding hydrogens is 312 g/mol. The van der Waals surface area contributed by atoms with Crippen molar-refractivity contribution in [1.82, 2.24) is 9.38 Å². The van der Waals surface area contributed by atoms with Crippen LogP contribution in [-0.2, 0) is 12.8 Å². The molecule has 2 aromatic heterocycles. The van der Waals surface area contributed by atoms with E-state index in [-0.39, 0.29) is 11.3 Å². The van der Waals surface area contributed by atoms with Gasteiger partial charge in [0.2, 0.25) is 0 Å². The second-order valence-corrected chi connectivity index (χ2v) is 6.30. The number of nitrogens with zero attached hydrogens (tertiary/aromatic N) is 1. The third-order valence-corrected chi connectivity index (χ3v) is 4.67. The van der Waals surface area contributed by atoms with Gasteiger partial charge in [0.25, 0.3) is 5.56 Å². The summed E-state index contributed by atoms with van der Waals surface area (Å²) in [6, 6.07) is 9.88. The van der Waals surface area contributed by atoms with Gasteiger partial charge in [0, 0.05) is 28.0 Å². The molecule has 0 amide bonds. The van der Waals surface area contributed by atoms with Crippen LogP contribution in [0.3, 0.4) is 0 Å². The van der Waals surface area contributed by atoms with Gasteiger partial charge in [-0.2, -0.15) is 0 Å². The molecule has 0 bridgehead atoms. The van der Waals surface area contributed by atoms with Crippen LogP contribution in [0, 0.1) is 0 Å². The Morgan fingerprint density at radius 2 is 1.78 bits per heavy atom. The highest BCUT2D eigenvalue weighted by Crippen LogP contribution is 2.24. The van der Waals surface area contributed by atoms with Gasteiger partial charge in [-0.15, -0.1) is 0 Å². The number of carbonyl (C=O) groups excluding carboxylic acids is 1. The van der Waals surface area contributed by atoms with E-state index in [2.05, 4.69) is 4.98 Å². The second-order valence-electron chi connectivity index (χ2n) is 5.86. The van der Waals surface area contributed by atoms with E-state index in [9.17, 15) is 9.59 Å². The number of benzene rings is 1. The highest BCUT2D eigenvalue weighted by molar-refractivity contribution is 6.30. The zero-order valence-corrected chi connectivity index (χ0v) is 13.2. The Morgan fingerprint density at radius 1 is 1.04 bits per heavy atom. The Bertz CT molecular complexity index is 967. The van der Waals surface area contributed by atoms with E-state index in [1.54, 1.807) is 34.7 Å². The molecule has 0 atom stereocenters. The first-order chi connectivity index (χ1) is 11.1. The first-order valence-electron chi connectivity index (χ1n) is 7.71. The molecule has 5 heteroatoms. The summed E-state index contributed by atoms with van der Waals surface area (Å²) in [5, 5.41) is 0.589. The molecule has 4 nitrogen and oxygen atoms in total. The predicted molar refractivity (Wildman–Crippen MR) is 89.5 cm³/mol. The third kappa shape index (κ3) is 2.30. The fourth-order valence-electron chi connectivity index (χ4n) is 3.28. The number of H-pyrrole nitrogens is 1. The number of pyridine rings is 1. The zero-order valence-electron chi connectivity index (χ0n) is 12.4. The van der Waals surface area contributed by atoms with Gasteiger partial charge in [-0.25, -0.2) is 0 Å². The topological polar surface area (TPSA) is 54.3 Å². The fourth-order valence-corrected chi connectivity index (χ4v) is 3.41. The normalized spacial score (nSPS) is 14.0. The second kappa shape index (κ2) is 5.39. The van der Waals surface area contributed by atoms with Crippen molar-refractivity contribution in [2.45, 2.75) is 25.7 Å². The summed E-state index contributed by atoms with van der Waals surface area (Å²) in [5.41, 5.74) is 3.67. The van der Waals surface area contributed by atoms with E-state index < -0.39 is 0 Å². The van der Waals surface area contributed by atoms with Gasteiger partial charge in [0.05, 0.1) is 5.56 Å². The first kappa shape index (κ1) is 14.3. The largest absolute Gasteiger partial charge is 0.343 e. The Kier molecular flexibility index (Phi) is 3.34. The molecule has 1 aliphatic rings. The summed E-state index contributed by atoms with van der Waals surface area (Å²) >= 11 is 5.88. The number of aromatic amines is 1. The summed E-state index contributed by atoms with van der Waals surface area (Å²) < 4.78 is 1.66. The monoisotopic (exact) mass is 326 g/mol. The van der Waals surface area contributed by atoms with Crippen molar-refractivity contribution in [2.75, 3.05) is 0 Å². The summed E-state index contributed by atoms with van der Waals surface area (Å²) in [6.45, 7) is 0. The molecule has 0 aliphatic heterocycles. The van der Waals surface area contributed by atoms with Gasteiger partial charge in [0.1, 0.15) is 5.65 Å². The highest BCUT2D eigenvalue weighted by Gasteiger charge is 2.21. The maximum Gasteiger partial charge on any atom is 0.256 e. The molecule has 0 saturated carbocycles. The summed E-state index contributed by atoms with van der Waals surface area (Å²) in [4.78, 5) is 28.4. The molecule has 23 heavy (non-hydrogen) atoms. The van der Waals surface area contributed by atoms with Gasteiger partial charge in [-0.3, -0.25) is 14.0 Å². The molecule has 0 fully saturated rings. The number of imidazole rings is 1. The van der Waals surface area contributed by atoms with Crippen LogP contribution in [0.1, 0.15) is 40.2 Å². The number of nitrogens with one attached hydrogen (secondary N) is 1. The molecule has 0 saturated heterocycles. The van der Waals surface area contributed by atoms with Crippen LogP contribution in [0.25, 0.3) is 5.65 Å². The number of aryl methyl sites for hydroxylation is 2. The molecule has 2 heterocycles. The predicted octanol–water partition coefficient (Wildman–Crippen LogP) is 3.39. The Morgan fingerprint density at radius 3 is 2.57 bits per heavy atom. The molecular formula is C18H15ClN2O2. The van der Waals surface area contributed by atoms with Crippen molar-refractivity contribution in [3.05, 3.63) is 74.3 Å². The van der Waals surface area contributed by atoms with Crippen LogP contribution < -0.4 is 5.56 Å². The quantitative estimate of drug-likeness (QED) is 0.734. The van der Waals surface area contributed by atoms with Crippen molar-refractivity contribution in [3.8, 4) is 0 Å². The first-order valence-corrected chi connectivity index (χ1v) is 8.09. The van der Waals surface area contributed by atoms with Crippen LogP contribution in [0.2, 0.25) is 5.02 Å². The van der Waals surface area contributed by atoms with Gasteiger partial charge < -0.3 is 4.98 Å². The van der Waals surface area contributed by atoms with Crippen molar-refractivity contribution < 1.29 is 4.79 Å². The minimum Gasteiger partial charge on any atom is -0.343 e. The molecule has 0 spiro atoms. The van der Waals surface area contributed by atoms with Crippen molar-refractivity contribution in [1.29, 1.82) is 0 Å². The third-order valence-electron chi connectivity index (χ3n) is 4.42. The lowest BCUT2D eigenvalue weighted by Crippen LogP contribution is -2.17. The van der Waals surface area contributed by atoms with Crippen molar-refractivity contribution in [3.63, 3.8) is 0 Å². The summed E-state index contributed by atoms with van der Waals surface area (Å²) in [5.74, 6) is -0.113. The molecule has 116 valence electrons. The summed E-state index contributed by atoms with van der Waals surface area (Å²) in [6.07, 6.45) is 3.97. The maximum atomic E-state index is 12.8. The number of ketones is 1. The maximum absolute atomic E-state index is 12.8. The molecule has 0 unspecified atom stereocenters. The van der Waals surface area contributed by atoms with Crippen molar-refractivity contribution >= 4 is 23.0 Å². The minimum absolute atomic E-state index is 0.0907. The smallest absolute Gasteiger partial charge is 0.256 e. The Balaban J connectivity index is 1.92. The van der Waals surface area contributed by atoms with Crippen LogP contribution in [-0.4, -0.2) is 15.2 Å². The van der Waals surface area contributed by atoms with Crippen LogP contribution in [0.5, 0.6) is 0 Å². The molecule has 1 aliphatic carbocycles. The molecule has 4 rings (SSSR count). The van der Waals surface area contributed by atoms with E-state index >= 15 is 0 Å². The highest BCUT2D eigenvalue weighted by atomic mass is 35.5. The Hall–Kier alpha value is -2.33. The van der Waals surface area contributed by atoms with Crippen molar-refractivity contribution in [2.24, 2.45) is 0 Å². The van der Waals surface area contributed by atoms with Gasteiger partial charge in [-0.1, -0.05) is 11.6 Å². The number of hydrogen-bond acceptors (Lipinski definition) is 2. The number of carbonyl (C=O) groups is 1. The molecule has 3 aromatic rings. The van der Waals surface area contributed by atoms with E-state index in [1.807, 2.05) is 0 Å². The van der Waals surface area contributed by atoms with E-state index in [0.717, 1.165) is 37.1 Å². The number of fused-ring (bicyclic) bond motifs is 3. The van der Waals surface area contributed by atoms with Gasteiger partial charge in [0.15, 0.2) is 5.78 Å². The number of hydrogen-bond donors (Lipinski definition) is 1. The average Bonchev–Trinajstić information content (AvgIpc) is 2.95. The standard InChI is InChI=1S/C18H15ClN2O2/c19-12-7-5-11(6-8-12)17(23)13-9-10-16(22)21-15-4-2-1-3-14(15)20-18(13)21/h5-10,20H,1-4H2. The average molecular weight is 327 g/mol. The van der Waals surface area contributed by atoms with Crippen LogP contribution in [0.15, 0.2) is 41.2 Å². The lowest BCUT2D eigenvalue weighted by molar-refractivity contribution is 0.104. The van der Waals surface area contributed by atoms with E-state index in [4.69, 9.17) is 11.6 Å². The van der Waals surface area contributed by atoms with E-state index in [1.165, 1.54) is 6.07 Å². The molecule has 0 radical (unpaired) electrons. The number of rotatable bonds is 2. The lowest BCUT2D eigenvalue weighted by atomic mass is 10.0. The van der Waals surface area contributed by atoms with E-state index in [0.29, 0.717) is 21.8 Å².